The van der Waals surface area contributed by atoms with Crippen LogP contribution in [0.5, 0.6) is 5.75 Å². The number of carboxylic acid groups (broad SMARTS) is 1. The average Bonchev–Trinajstić information content (AvgIpc) is 2.81. The van der Waals surface area contributed by atoms with Gasteiger partial charge in [0.1, 0.15) is 12.4 Å². The Labute approximate surface area is 142 Å². The summed E-state index contributed by atoms with van der Waals surface area (Å²) < 4.78 is 68.3. The zero-order valence-corrected chi connectivity index (χ0v) is 13.1. The fourth-order valence-electron chi connectivity index (χ4n) is 2.16. The third-order valence-corrected chi connectivity index (χ3v) is 3.30. The van der Waals surface area contributed by atoms with Crippen molar-refractivity contribution in [3.8, 4) is 5.75 Å². The molecule has 0 atom stereocenters. The molecule has 1 aromatic heterocycles. The maximum absolute atomic E-state index is 12.8. The first-order chi connectivity index (χ1) is 12.0. The highest BCUT2D eigenvalue weighted by Gasteiger charge is 2.38. The molecule has 0 saturated heterocycles. The van der Waals surface area contributed by atoms with Crippen molar-refractivity contribution >= 4 is 5.97 Å². The molecule has 2 rings (SSSR count). The molecule has 1 aromatic carbocycles. The van der Waals surface area contributed by atoms with Gasteiger partial charge in [0.2, 0.25) is 5.82 Å². The lowest BCUT2D eigenvalue weighted by Gasteiger charge is -2.10. The highest BCUT2D eigenvalue weighted by atomic mass is 19.4. The van der Waals surface area contributed by atoms with Crippen LogP contribution in [0.25, 0.3) is 0 Å². The van der Waals surface area contributed by atoms with Crippen LogP contribution in [0.2, 0.25) is 0 Å². The zero-order chi connectivity index (χ0) is 19.6. The van der Waals surface area contributed by atoms with Gasteiger partial charge in [-0.05, 0) is 23.8 Å². The molecule has 26 heavy (non-hydrogen) atoms. The van der Waals surface area contributed by atoms with Gasteiger partial charge >= 0.3 is 17.8 Å². The Morgan fingerprint density at radius 3 is 2.50 bits per heavy atom. The Bertz CT molecular complexity index is 872. The van der Waals surface area contributed by atoms with Crippen molar-refractivity contribution in [2.45, 2.75) is 19.1 Å². The fourth-order valence-corrected chi connectivity index (χ4v) is 2.16. The number of alkyl halides is 5. The molecule has 0 aliphatic carbocycles. The van der Waals surface area contributed by atoms with Crippen molar-refractivity contribution in [3.05, 3.63) is 45.6 Å². The first-order valence-corrected chi connectivity index (χ1v) is 6.99. The number of carbonyl (C=O) groups is 1. The van der Waals surface area contributed by atoms with Crippen LogP contribution in [0.1, 0.15) is 21.7 Å². The predicted molar refractivity (Wildman–Crippen MR) is 76.5 cm³/mol. The number of aromatic carboxylic acids is 1. The van der Waals surface area contributed by atoms with Gasteiger partial charge in [0.25, 0.3) is 6.43 Å². The number of hydrogen-bond acceptors (Lipinski definition) is 4. The Kier molecular flexibility index (Phi) is 5.33. The molecule has 0 fully saturated rings. The number of ether oxygens (including phenoxy) is 1. The van der Waals surface area contributed by atoms with E-state index in [0.29, 0.717) is 4.68 Å². The van der Waals surface area contributed by atoms with Gasteiger partial charge in [-0.3, -0.25) is 4.57 Å². The summed E-state index contributed by atoms with van der Waals surface area (Å²) in [6.07, 6.45) is -7.65. The van der Waals surface area contributed by atoms with E-state index < -0.39 is 43.2 Å². The lowest BCUT2D eigenvalue weighted by molar-refractivity contribution is -0.147. The van der Waals surface area contributed by atoms with E-state index in [4.69, 9.17) is 9.84 Å². The summed E-state index contributed by atoms with van der Waals surface area (Å²) in [5.74, 6) is -2.99. The van der Waals surface area contributed by atoms with Crippen molar-refractivity contribution in [3.63, 3.8) is 0 Å². The maximum Gasteiger partial charge on any atom is 0.451 e. The summed E-state index contributed by atoms with van der Waals surface area (Å²) in [6.45, 7) is -1.57. The van der Waals surface area contributed by atoms with Gasteiger partial charge in [0.15, 0.2) is 0 Å². The monoisotopic (exact) mass is 381 g/mol. The van der Waals surface area contributed by atoms with Gasteiger partial charge in [-0.15, -0.1) is 5.10 Å². The van der Waals surface area contributed by atoms with Gasteiger partial charge in [-0.2, -0.15) is 13.2 Å². The topological polar surface area (TPSA) is 86.3 Å². The molecule has 0 radical (unpaired) electrons. The lowest BCUT2D eigenvalue weighted by atomic mass is 10.1. The minimum absolute atomic E-state index is 0.120. The highest BCUT2D eigenvalue weighted by molar-refractivity contribution is 5.89. The summed E-state index contributed by atoms with van der Waals surface area (Å²) >= 11 is 0. The van der Waals surface area contributed by atoms with Crippen molar-refractivity contribution in [2.75, 3.05) is 6.61 Å². The van der Waals surface area contributed by atoms with E-state index in [1.165, 1.54) is 0 Å². The highest BCUT2D eigenvalue weighted by Crippen LogP contribution is 2.26. The summed E-state index contributed by atoms with van der Waals surface area (Å²) in [7, 11) is 0.870. The standard InChI is InChI=1S/C14H12F5N3O4/c1-21-12(14(17,18)19)20-22(13(21)25)5-7-4-8(26-6-10(15)16)2-3-9(7)11(23)24/h2-4,10H,5-6H2,1H3,(H,23,24). The largest absolute Gasteiger partial charge is 0.488 e. The summed E-state index contributed by atoms with van der Waals surface area (Å²) in [4.78, 5) is 23.2. The molecular formula is C14H12F5N3O4. The lowest BCUT2D eigenvalue weighted by Crippen LogP contribution is -2.25. The second-order valence-electron chi connectivity index (χ2n) is 5.15. The quantitative estimate of drug-likeness (QED) is 0.774. The molecule has 0 unspecified atom stereocenters. The van der Waals surface area contributed by atoms with Gasteiger partial charge < -0.3 is 9.84 Å². The van der Waals surface area contributed by atoms with Crippen LogP contribution < -0.4 is 10.4 Å². The molecule has 1 N–H and O–H groups in total. The first-order valence-electron chi connectivity index (χ1n) is 6.99. The molecule has 142 valence electrons. The molecule has 0 aliphatic rings. The number of benzene rings is 1. The van der Waals surface area contributed by atoms with Crippen molar-refractivity contribution in [1.29, 1.82) is 0 Å². The summed E-state index contributed by atoms with van der Waals surface area (Å²) in [6, 6.07) is 3.22. The van der Waals surface area contributed by atoms with E-state index in [1.54, 1.807) is 0 Å². The Morgan fingerprint density at radius 1 is 1.35 bits per heavy atom. The number of aromatic nitrogens is 3. The minimum Gasteiger partial charge on any atom is -0.488 e. The van der Waals surface area contributed by atoms with E-state index in [2.05, 4.69) is 5.10 Å². The Hall–Kier alpha value is -2.92. The van der Waals surface area contributed by atoms with E-state index in [1.807, 2.05) is 0 Å². The van der Waals surface area contributed by atoms with Crippen LogP contribution in [0, 0.1) is 0 Å². The molecule has 0 spiro atoms. The van der Waals surface area contributed by atoms with Crippen molar-refractivity contribution in [2.24, 2.45) is 7.05 Å². The van der Waals surface area contributed by atoms with Crippen molar-refractivity contribution in [1.82, 2.24) is 14.3 Å². The van der Waals surface area contributed by atoms with E-state index in [-0.39, 0.29) is 21.4 Å². The van der Waals surface area contributed by atoms with Crippen LogP contribution >= 0.6 is 0 Å². The molecule has 7 nitrogen and oxygen atoms in total. The van der Waals surface area contributed by atoms with Crippen LogP contribution in [0.15, 0.2) is 23.0 Å². The van der Waals surface area contributed by atoms with E-state index >= 15 is 0 Å². The van der Waals surface area contributed by atoms with Gasteiger partial charge in [-0.1, -0.05) is 0 Å². The van der Waals surface area contributed by atoms with Crippen molar-refractivity contribution < 1.29 is 36.6 Å². The summed E-state index contributed by atoms with van der Waals surface area (Å²) in [5.41, 5.74) is -1.58. The van der Waals surface area contributed by atoms with Crippen LogP contribution in [0.4, 0.5) is 22.0 Å². The predicted octanol–water partition coefficient (Wildman–Crippen LogP) is 1.99. The van der Waals surface area contributed by atoms with Crippen LogP contribution in [-0.4, -0.2) is 38.5 Å². The first kappa shape index (κ1) is 19.4. The third-order valence-electron chi connectivity index (χ3n) is 3.30. The second-order valence-corrected chi connectivity index (χ2v) is 5.15. The minimum atomic E-state index is -4.88. The molecule has 0 aliphatic heterocycles. The smallest absolute Gasteiger partial charge is 0.451 e. The number of carboxylic acids is 1. The number of rotatable bonds is 6. The third kappa shape index (κ3) is 4.18. The molecule has 0 bridgehead atoms. The van der Waals surface area contributed by atoms with E-state index in [0.717, 1.165) is 25.2 Å². The molecule has 1 heterocycles. The number of nitrogens with zero attached hydrogens (tertiary/aromatic N) is 3. The molecule has 0 saturated carbocycles. The van der Waals surface area contributed by atoms with Gasteiger partial charge in [-0.25, -0.2) is 23.1 Å². The summed E-state index contributed by atoms with van der Waals surface area (Å²) in [5, 5.41) is 12.3. The second kappa shape index (κ2) is 7.14. The molecular weight excluding hydrogens is 369 g/mol. The van der Waals surface area contributed by atoms with Crippen LogP contribution in [0.3, 0.4) is 0 Å². The Balaban J connectivity index is 2.43. The Morgan fingerprint density at radius 2 is 2.00 bits per heavy atom. The van der Waals surface area contributed by atoms with Gasteiger partial charge in [0.05, 0.1) is 12.1 Å². The normalized spacial score (nSPS) is 11.8. The fraction of sp³-hybridized carbons (Fsp3) is 0.357. The SMILES string of the molecule is Cn1c(C(F)(F)F)nn(Cc2cc(OCC(F)F)ccc2C(=O)O)c1=O. The van der Waals surface area contributed by atoms with Crippen LogP contribution in [-0.2, 0) is 19.8 Å². The number of hydrogen-bond donors (Lipinski definition) is 1. The van der Waals surface area contributed by atoms with Gasteiger partial charge in [0, 0.05) is 7.05 Å². The number of halogens is 5. The van der Waals surface area contributed by atoms with E-state index in [9.17, 15) is 31.5 Å². The average molecular weight is 381 g/mol. The molecule has 12 heteroatoms. The molecule has 0 amide bonds. The maximum atomic E-state index is 12.8. The zero-order valence-electron chi connectivity index (χ0n) is 13.1. The molecule has 2 aromatic rings.